The molecule has 0 saturated heterocycles. The molecular formula is C16H20. The van der Waals surface area contributed by atoms with Gasteiger partial charge in [0, 0.05) is 5.41 Å². The van der Waals surface area contributed by atoms with Crippen LogP contribution in [0.3, 0.4) is 0 Å². The summed E-state index contributed by atoms with van der Waals surface area (Å²) in [6.07, 6.45) is 9.50. The fourth-order valence-electron chi connectivity index (χ4n) is 3.58. The van der Waals surface area contributed by atoms with E-state index in [1.807, 2.05) is 0 Å². The summed E-state index contributed by atoms with van der Waals surface area (Å²) < 4.78 is 0. The van der Waals surface area contributed by atoms with Gasteiger partial charge in [-0.1, -0.05) is 49.1 Å². The third-order valence-electron chi connectivity index (χ3n) is 4.37. The lowest BCUT2D eigenvalue weighted by Gasteiger charge is -2.33. The molecule has 0 unspecified atom stereocenters. The van der Waals surface area contributed by atoms with Gasteiger partial charge < -0.3 is 0 Å². The Labute approximate surface area is 98.4 Å². The van der Waals surface area contributed by atoms with E-state index in [0.717, 1.165) is 0 Å². The van der Waals surface area contributed by atoms with E-state index in [-0.39, 0.29) is 0 Å². The molecule has 0 N–H and O–H groups in total. The van der Waals surface area contributed by atoms with Gasteiger partial charge in [0.15, 0.2) is 0 Å². The lowest BCUT2D eigenvalue weighted by molar-refractivity contribution is 0.361. The molecule has 1 saturated carbocycles. The molecule has 1 aromatic carbocycles. The molecule has 0 amide bonds. The topological polar surface area (TPSA) is 0 Å². The van der Waals surface area contributed by atoms with Gasteiger partial charge >= 0.3 is 0 Å². The molecule has 84 valence electrons. The fraction of sp³-hybridized carbons (Fsp3) is 0.500. The molecular weight excluding hydrogens is 192 g/mol. The van der Waals surface area contributed by atoms with Crippen molar-refractivity contribution in [3.8, 4) is 0 Å². The van der Waals surface area contributed by atoms with Crippen LogP contribution in [0.5, 0.6) is 0 Å². The summed E-state index contributed by atoms with van der Waals surface area (Å²) in [7, 11) is 0. The monoisotopic (exact) mass is 212 g/mol. The Morgan fingerprint density at radius 2 is 1.75 bits per heavy atom. The highest BCUT2D eigenvalue weighted by Crippen LogP contribution is 2.49. The van der Waals surface area contributed by atoms with Crippen LogP contribution in [0, 0.1) is 6.92 Å². The van der Waals surface area contributed by atoms with Gasteiger partial charge in [-0.05, 0) is 43.4 Å². The maximum Gasteiger partial charge on any atom is 0.0144 e. The van der Waals surface area contributed by atoms with E-state index < -0.39 is 0 Å². The van der Waals surface area contributed by atoms with Crippen molar-refractivity contribution in [3.05, 3.63) is 41.0 Å². The van der Waals surface area contributed by atoms with E-state index >= 15 is 0 Å². The summed E-state index contributed by atoms with van der Waals surface area (Å²) in [6.45, 7) is 4.49. The standard InChI is InChI=1S/C16H20/c1-12-6-7-14-13(2)11-16(15(14)10-12)8-4-3-5-9-16/h6-7,10-11H,3-5,8-9H2,1-2H3. The first kappa shape index (κ1) is 10.1. The highest BCUT2D eigenvalue weighted by Gasteiger charge is 2.37. The third kappa shape index (κ3) is 1.36. The number of hydrogen-bond acceptors (Lipinski definition) is 0. The van der Waals surface area contributed by atoms with Gasteiger partial charge in [-0.2, -0.15) is 0 Å². The second-order valence-corrected chi connectivity index (χ2v) is 5.59. The van der Waals surface area contributed by atoms with Crippen molar-refractivity contribution in [1.29, 1.82) is 0 Å². The van der Waals surface area contributed by atoms with Crippen molar-refractivity contribution in [2.75, 3.05) is 0 Å². The van der Waals surface area contributed by atoms with Gasteiger partial charge in [0.2, 0.25) is 0 Å². The molecule has 1 spiro atoms. The Morgan fingerprint density at radius 3 is 2.50 bits per heavy atom. The minimum absolute atomic E-state index is 0.406. The van der Waals surface area contributed by atoms with E-state index in [4.69, 9.17) is 0 Å². The van der Waals surface area contributed by atoms with Crippen LogP contribution in [-0.4, -0.2) is 0 Å². The minimum Gasteiger partial charge on any atom is -0.0704 e. The van der Waals surface area contributed by atoms with Crippen LogP contribution in [0.4, 0.5) is 0 Å². The van der Waals surface area contributed by atoms with Crippen LogP contribution >= 0.6 is 0 Å². The predicted molar refractivity (Wildman–Crippen MR) is 69.6 cm³/mol. The molecule has 0 heterocycles. The molecule has 0 aliphatic heterocycles. The fourth-order valence-corrected chi connectivity index (χ4v) is 3.58. The summed E-state index contributed by atoms with van der Waals surface area (Å²) in [5.74, 6) is 0. The zero-order valence-corrected chi connectivity index (χ0v) is 10.3. The van der Waals surface area contributed by atoms with Crippen molar-refractivity contribution in [2.45, 2.75) is 51.4 Å². The minimum atomic E-state index is 0.406. The normalized spacial score (nSPS) is 22.0. The number of allylic oxidation sites excluding steroid dienone is 2. The highest BCUT2D eigenvalue weighted by atomic mass is 14.4. The number of benzene rings is 1. The molecule has 1 aromatic rings. The van der Waals surface area contributed by atoms with E-state index in [2.05, 4.69) is 38.1 Å². The van der Waals surface area contributed by atoms with Crippen LogP contribution in [0.25, 0.3) is 5.57 Å². The first-order chi connectivity index (χ1) is 7.71. The van der Waals surface area contributed by atoms with Gasteiger partial charge in [-0.15, -0.1) is 0 Å². The summed E-state index contributed by atoms with van der Waals surface area (Å²) in [6, 6.07) is 6.99. The molecule has 2 aliphatic carbocycles. The Morgan fingerprint density at radius 1 is 1.00 bits per heavy atom. The number of fused-ring (bicyclic) bond motifs is 2. The van der Waals surface area contributed by atoms with Crippen LogP contribution in [0.15, 0.2) is 24.3 Å². The number of hydrogen-bond donors (Lipinski definition) is 0. The average Bonchev–Trinajstić information content (AvgIpc) is 2.53. The predicted octanol–water partition coefficient (Wildman–Crippen LogP) is 4.61. The summed E-state index contributed by atoms with van der Waals surface area (Å²) in [4.78, 5) is 0. The van der Waals surface area contributed by atoms with Crippen LogP contribution in [0.2, 0.25) is 0 Å². The van der Waals surface area contributed by atoms with Gasteiger partial charge in [0.05, 0.1) is 0 Å². The molecule has 1 fully saturated rings. The second-order valence-electron chi connectivity index (χ2n) is 5.59. The Kier molecular flexibility index (Phi) is 2.20. The van der Waals surface area contributed by atoms with Crippen LogP contribution in [-0.2, 0) is 5.41 Å². The molecule has 0 aromatic heterocycles. The van der Waals surface area contributed by atoms with Crippen LogP contribution in [0.1, 0.15) is 55.7 Å². The summed E-state index contributed by atoms with van der Waals surface area (Å²) in [5, 5.41) is 0. The maximum atomic E-state index is 2.55. The second kappa shape index (κ2) is 3.48. The largest absolute Gasteiger partial charge is 0.0704 e. The molecule has 16 heavy (non-hydrogen) atoms. The van der Waals surface area contributed by atoms with E-state index in [1.54, 1.807) is 5.56 Å². The SMILES string of the molecule is CC1=CC2(CCCCC2)c2cc(C)ccc21. The number of rotatable bonds is 0. The van der Waals surface area contributed by atoms with Crippen molar-refractivity contribution < 1.29 is 0 Å². The Balaban J connectivity index is 2.14. The summed E-state index contributed by atoms with van der Waals surface area (Å²) >= 11 is 0. The zero-order chi connectivity index (χ0) is 11.2. The van der Waals surface area contributed by atoms with Gasteiger partial charge in [-0.25, -0.2) is 0 Å². The summed E-state index contributed by atoms with van der Waals surface area (Å²) in [5.41, 5.74) is 6.44. The quantitative estimate of drug-likeness (QED) is 0.589. The lowest BCUT2D eigenvalue weighted by Crippen LogP contribution is -2.24. The van der Waals surface area contributed by atoms with E-state index in [0.29, 0.717) is 5.41 Å². The average molecular weight is 212 g/mol. The van der Waals surface area contributed by atoms with E-state index in [1.165, 1.54) is 48.8 Å². The van der Waals surface area contributed by atoms with E-state index in [9.17, 15) is 0 Å². The smallest absolute Gasteiger partial charge is 0.0144 e. The van der Waals surface area contributed by atoms with Crippen molar-refractivity contribution >= 4 is 5.57 Å². The lowest BCUT2D eigenvalue weighted by atomic mass is 9.71. The molecule has 3 rings (SSSR count). The van der Waals surface area contributed by atoms with Gasteiger partial charge in [0.1, 0.15) is 0 Å². The molecule has 0 radical (unpaired) electrons. The van der Waals surface area contributed by atoms with Gasteiger partial charge in [-0.3, -0.25) is 0 Å². The highest BCUT2D eigenvalue weighted by molar-refractivity contribution is 5.75. The zero-order valence-electron chi connectivity index (χ0n) is 10.3. The Bertz CT molecular complexity index is 445. The first-order valence-electron chi connectivity index (χ1n) is 6.52. The molecule has 0 nitrogen and oxygen atoms in total. The van der Waals surface area contributed by atoms with Gasteiger partial charge in [0.25, 0.3) is 0 Å². The molecule has 0 atom stereocenters. The molecule has 0 heteroatoms. The maximum absolute atomic E-state index is 2.55. The van der Waals surface area contributed by atoms with Crippen molar-refractivity contribution in [1.82, 2.24) is 0 Å². The van der Waals surface area contributed by atoms with Crippen LogP contribution < -0.4 is 0 Å². The molecule has 0 bridgehead atoms. The number of aryl methyl sites for hydroxylation is 1. The van der Waals surface area contributed by atoms with Crippen molar-refractivity contribution in [2.24, 2.45) is 0 Å². The molecule has 2 aliphatic rings. The first-order valence-corrected chi connectivity index (χ1v) is 6.52. The Hall–Kier alpha value is -1.04. The third-order valence-corrected chi connectivity index (χ3v) is 4.37. The van der Waals surface area contributed by atoms with Crippen molar-refractivity contribution in [3.63, 3.8) is 0 Å².